The van der Waals surface area contributed by atoms with Gasteiger partial charge in [0.2, 0.25) is 0 Å². The zero-order chi connectivity index (χ0) is 20.3. The van der Waals surface area contributed by atoms with Gasteiger partial charge in [-0.1, -0.05) is 30.3 Å². The van der Waals surface area contributed by atoms with E-state index in [0.717, 1.165) is 57.3 Å². The van der Waals surface area contributed by atoms with Gasteiger partial charge in [0.05, 0.1) is 6.10 Å². The summed E-state index contributed by atoms with van der Waals surface area (Å²) in [5.41, 5.74) is 1.49. The van der Waals surface area contributed by atoms with Crippen molar-refractivity contribution in [3.63, 3.8) is 0 Å². The summed E-state index contributed by atoms with van der Waals surface area (Å²) in [6, 6.07) is 10.9. The molecule has 0 aromatic heterocycles. The Hall–Kier alpha value is -0.860. The molecule has 0 amide bonds. The SMILES string of the molecule is CCNC(=NCCCCN1CCC(Cc2ccccc2)CC1)N1CCC(O)CC1.I. The van der Waals surface area contributed by atoms with Gasteiger partial charge in [-0.25, -0.2) is 0 Å². The third kappa shape index (κ3) is 8.71. The van der Waals surface area contributed by atoms with Crippen molar-refractivity contribution in [3.05, 3.63) is 35.9 Å². The summed E-state index contributed by atoms with van der Waals surface area (Å²) in [6.07, 6.45) is 7.85. The summed E-state index contributed by atoms with van der Waals surface area (Å²) in [4.78, 5) is 9.78. The summed E-state index contributed by atoms with van der Waals surface area (Å²) in [7, 11) is 0. The maximum absolute atomic E-state index is 9.71. The van der Waals surface area contributed by atoms with Gasteiger partial charge in [-0.05, 0) is 83.0 Å². The summed E-state index contributed by atoms with van der Waals surface area (Å²) in [5, 5.41) is 13.1. The van der Waals surface area contributed by atoms with Gasteiger partial charge in [-0.3, -0.25) is 4.99 Å². The smallest absolute Gasteiger partial charge is 0.193 e. The molecule has 2 aliphatic heterocycles. The molecule has 2 saturated heterocycles. The monoisotopic (exact) mass is 528 g/mol. The highest BCUT2D eigenvalue weighted by molar-refractivity contribution is 14.0. The molecule has 5 nitrogen and oxygen atoms in total. The molecule has 1 aromatic carbocycles. The minimum atomic E-state index is -0.133. The Morgan fingerprint density at radius 3 is 2.40 bits per heavy atom. The van der Waals surface area contributed by atoms with Crippen molar-refractivity contribution in [1.82, 2.24) is 15.1 Å². The normalized spacial score (nSPS) is 19.5. The predicted molar refractivity (Wildman–Crippen MR) is 137 cm³/mol. The molecule has 2 N–H and O–H groups in total. The molecule has 30 heavy (non-hydrogen) atoms. The fourth-order valence-electron chi connectivity index (χ4n) is 4.50. The third-order valence-electron chi connectivity index (χ3n) is 6.32. The Morgan fingerprint density at radius 1 is 1.03 bits per heavy atom. The number of nitrogens with zero attached hydrogens (tertiary/aromatic N) is 3. The van der Waals surface area contributed by atoms with E-state index in [2.05, 4.69) is 52.4 Å². The highest BCUT2D eigenvalue weighted by Crippen LogP contribution is 2.21. The third-order valence-corrected chi connectivity index (χ3v) is 6.32. The molecule has 0 unspecified atom stereocenters. The molecule has 0 radical (unpaired) electrons. The molecule has 3 rings (SSSR count). The van der Waals surface area contributed by atoms with Crippen molar-refractivity contribution in [3.8, 4) is 0 Å². The highest BCUT2D eigenvalue weighted by atomic mass is 127. The van der Waals surface area contributed by atoms with E-state index < -0.39 is 0 Å². The maximum atomic E-state index is 9.71. The first kappa shape index (κ1) is 25.4. The Labute approximate surface area is 200 Å². The van der Waals surface area contributed by atoms with Crippen LogP contribution in [0.4, 0.5) is 0 Å². The van der Waals surface area contributed by atoms with Crippen molar-refractivity contribution < 1.29 is 5.11 Å². The quantitative estimate of drug-likeness (QED) is 0.234. The van der Waals surface area contributed by atoms with Crippen molar-refractivity contribution in [1.29, 1.82) is 0 Å². The summed E-state index contributed by atoms with van der Waals surface area (Å²) < 4.78 is 0. The zero-order valence-corrected chi connectivity index (χ0v) is 21.0. The van der Waals surface area contributed by atoms with E-state index in [4.69, 9.17) is 4.99 Å². The summed E-state index contributed by atoms with van der Waals surface area (Å²) in [5.74, 6) is 1.88. The Balaban J connectivity index is 0.00000320. The zero-order valence-electron chi connectivity index (χ0n) is 18.6. The van der Waals surface area contributed by atoms with Gasteiger partial charge < -0.3 is 20.2 Å². The lowest BCUT2D eigenvalue weighted by Crippen LogP contribution is -2.46. The molecular formula is C24H41IN4O. The van der Waals surface area contributed by atoms with Gasteiger partial charge >= 0.3 is 0 Å². The van der Waals surface area contributed by atoms with Crippen molar-refractivity contribution >= 4 is 29.9 Å². The van der Waals surface area contributed by atoms with Crippen LogP contribution >= 0.6 is 24.0 Å². The van der Waals surface area contributed by atoms with Crippen LogP contribution in [-0.2, 0) is 6.42 Å². The summed E-state index contributed by atoms with van der Waals surface area (Å²) in [6.45, 7) is 9.44. The van der Waals surface area contributed by atoms with E-state index in [0.29, 0.717) is 0 Å². The fourth-order valence-corrected chi connectivity index (χ4v) is 4.50. The molecule has 2 fully saturated rings. The van der Waals surface area contributed by atoms with E-state index >= 15 is 0 Å². The van der Waals surface area contributed by atoms with Crippen LogP contribution in [0.25, 0.3) is 0 Å². The van der Waals surface area contributed by atoms with Gasteiger partial charge in [0.1, 0.15) is 0 Å². The second-order valence-corrected chi connectivity index (χ2v) is 8.64. The number of rotatable bonds is 8. The second kappa shape index (κ2) is 14.2. The van der Waals surface area contributed by atoms with E-state index in [1.807, 2.05) is 0 Å². The van der Waals surface area contributed by atoms with Crippen LogP contribution in [-0.4, -0.2) is 72.8 Å². The number of nitrogens with one attached hydrogen (secondary N) is 1. The first-order valence-electron chi connectivity index (χ1n) is 11.7. The topological polar surface area (TPSA) is 51.1 Å². The number of aliphatic hydroxyl groups excluding tert-OH is 1. The van der Waals surface area contributed by atoms with Gasteiger partial charge in [0.15, 0.2) is 5.96 Å². The average Bonchev–Trinajstić information content (AvgIpc) is 2.75. The summed E-state index contributed by atoms with van der Waals surface area (Å²) >= 11 is 0. The van der Waals surface area contributed by atoms with E-state index in [1.165, 1.54) is 50.9 Å². The largest absolute Gasteiger partial charge is 0.393 e. The van der Waals surface area contributed by atoms with Crippen LogP contribution in [0.1, 0.15) is 51.0 Å². The number of hydrogen-bond acceptors (Lipinski definition) is 3. The van der Waals surface area contributed by atoms with Crippen molar-refractivity contribution in [2.24, 2.45) is 10.9 Å². The number of piperidine rings is 2. The molecular weight excluding hydrogens is 487 g/mol. The number of benzene rings is 1. The van der Waals surface area contributed by atoms with E-state index in [1.54, 1.807) is 0 Å². The molecule has 0 aliphatic carbocycles. The molecule has 170 valence electrons. The van der Waals surface area contributed by atoms with E-state index in [9.17, 15) is 5.11 Å². The van der Waals surface area contributed by atoms with Crippen LogP contribution in [0.5, 0.6) is 0 Å². The van der Waals surface area contributed by atoms with Crippen LogP contribution in [0.3, 0.4) is 0 Å². The number of aliphatic imine (C=N–C) groups is 1. The fraction of sp³-hybridized carbons (Fsp3) is 0.708. The lowest BCUT2D eigenvalue weighted by atomic mass is 9.90. The van der Waals surface area contributed by atoms with Gasteiger partial charge in [0, 0.05) is 26.2 Å². The Kier molecular flexibility index (Phi) is 12.1. The number of aliphatic hydroxyl groups is 1. The molecule has 0 saturated carbocycles. The molecule has 2 heterocycles. The Bertz CT molecular complexity index is 596. The highest BCUT2D eigenvalue weighted by Gasteiger charge is 2.20. The number of hydrogen-bond donors (Lipinski definition) is 2. The van der Waals surface area contributed by atoms with Crippen LogP contribution in [0.2, 0.25) is 0 Å². The molecule has 0 bridgehead atoms. The van der Waals surface area contributed by atoms with Gasteiger partial charge in [-0.2, -0.15) is 0 Å². The van der Waals surface area contributed by atoms with E-state index in [-0.39, 0.29) is 30.1 Å². The number of halogens is 1. The van der Waals surface area contributed by atoms with Crippen LogP contribution in [0.15, 0.2) is 35.3 Å². The van der Waals surface area contributed by atoms with Crippen molar-refractivity contribution in [2.75, 3.05) is 45.8 Å². The lowest BCUT2D eigenvalue weighted by Gasteiger charge is -2.32. The molecule has 6 heteroatoms. The molecule has 1 aromatic rings. The first-order valence-corrected chi connectivity index (χ1v) is 11.7. The average molecular weight is 529 g/mol. The standard InChI is InChI=1S/C24H40N4O.HI/c1-2-25-24(28-18-12-23(29)13-19-28)26-14-6-7-15-27-16-10-22(11-17-27)20-21-8-4-3-5-9-21;/h3-5,8-9,22-23,29H,2,6-7,10-20H2,1H3,(H,25,26);1H. The molecule has 0 atom stereocenters. The van der Waals surface area contributed by atoms with Gasteiger partial charge in [0.25, 0.3) is 0 Å². The second-order valence-electron chi connectivity index (χ2n) is 8.64. The predicted octanol–water partition coefficient (Wildman–Crippen LogP) is 3.76. The molecule has 0 spiro atoms. The number of guanidine groups is 1. The first-order chi connectivity index (χ1) is 14.2. The number of unbranched alkanes of at least 4 members (excludes halogenated alkanes) is 1. The minimum Gasteiger partial charge on any atom is -0.393 e. The Morgan fingerprint density at radius 2 is 1.73 bits per heavy atom. The number of likely N-dealkylation sites (tertiary alicyclic amines) is 2. The van der Waals surface area contributed by atoms with Gasteiger partial charge in [-0.15, -0.1) is 24.0 Å². The maximum Gasteiger partial charge on any atom is 0.193 e. The molecule has 2 aliphatic rings. The minimum absolute atomic E-state index is 0. The van der Waals surface area contributed by atoms with Crippen LogP contribution in [0, 0.1) is 5.92 Å². The van der Waals surface area contributed by atoms with Crippen molar-refractivity contribution in [2.45, 2.75) is 58.0 Å². The van der Waals surface area contributed by atoms with Crippen LogP contribution < -0.4 is 5.32 Å². The lowest BCUT2D eigenvalue weighted by molar-refractivity contribution is 0.108.